The molecule has 0 radical (unpaired) electrons. The number of fused-ring (bicyclic) bond motifs is 2. The van der Waals surface area contributed by atoms with Gasteiger partial charge in [-0.3, -0.25) is 9.97 Å². The van der Waals surface area contributed by atoms with E-state index >= 15 is 0 Å². The molecule has 0 N–H and O–H groups in total. The highest BCUT2D eigenvalue weighted by molar-refractivity contribution is 5.94. The molecule has 2 aromatic heterocycles. The summed E-state index contributed by atoms with van der Waals surface area (Å²) in [7, 11) is 0. The first-order valence-corrected chi connectivity index (χ1v) is 7.65. The van der Waals surface area contributed by atoms with E-state index in [0.717, 1.165) is 27.4 Å². The van der Waals surface area contributed by atoms with Crippen LogP contribution in [0.15, 0.2) is 73.1 Å². The summed E-state index contributed by atoms with van der Waals surface area (Å²) in [4.78, 5) is 20.8. The van der Waals surface area contributed by atoms with E-state index in [1.165, 1.54) is 0 Å². The zero-order valence-corrected chi connectivity index (χ0v) is 12.8. The summed E-state index contributed by atoms with van der Waals surface area (Å²) in [5.41, 5.74) is 3.08. The maximum atomic E-state index is 12.3. The van der Waals surface area contributed by atoms with Gasteiger partial charge in [-0.2, -0.15) is 0 Å². The number of hydrogen-bond donors (Lipinski definition) is 0. The summed E-state index contributed by atoms with van der Waals surface area (Å²) in [6.07, 6.45) is 3.46. The van der Waals surface area contributed by atoms with Gasteiger partial charge in [-0.05, 0) is 35.9 Å². The molecule has 0 amide bonds. The molecule has 0 aliphatic rings. The Labute approximate surface area is 138 Å². The van der Waals surface area contributed by atoms with Crippen LogP contribution in [0.3, 0.4) is 0 Å². The van der Waals surface area contributed by atoms with Crippen LogP contribution in [0, 0.1) is 0 Å². The summed E-state index contributed by atoms with van der Waals surface area (Å²) >= 11 is 0. The normalized spacial score (nSPS) is 10.8. The number of aromatic nitrogens is 2. The second kappa shape index (κ2) is 6.08. The molecule has 0 fully saturated rings. The van der Waals surface area contributed by atoms with Crippen LogP contribution in [-0.2, 0) is 11.3 Å². The van der Waals surface area contributed by atoms with E-state index in [4.69, 9.17) is 4.74 Å². The monoisotopic (exact) mass is 314 g/mol. The molecule has 0 saturated heterocycles. The van der Waals surface area contributed by atoms with E-state index in [-0.39, 0.29) is 12.6 Å². The molecule has 2 heterocycles. The maximum Gasteiger partial charge on any atom is 0.338 e. The molecule has 0 unspecified atom stereocenters. The van der Waals surface area contributed by atoms with Crippen LogP contribution < -0.4 is 0 Å². The lowest BCUT2D eigenvalue weighted by molar-refractivity contribution is 0.0473. The standard InChI is InChI=1S/C20H14N2O2/c23-20(17-8-7-16-4-2-10-22-19(16)12-17)24-13-14-5-6-15-3-1-9-21-18(15)11-14/h1-12H,13H2. The summed E-state index contributed by atoms with van der Waals surface area (Å²) in [6.45, 7) is 0.214. The highest BCUT2D eigenvalue weighted by atomic mass is 16.5. The Morgan fingerprint density at radius 1 is 0.833 bits per heavy atom. The van der Waals surface area contributed by atoms with Crippen LogP contribution in [0.4, 0.5) is 0 Å². The van der Waals surface area contributed by atoms with Crippen LogP contribution in [0.5, 0.6) is 0 Å². The lowest BCUT2D eigenvalue weighted by atomic mass is 10.1. The Hall–Kier alpha value is -3.27. The molecule has 4 aromatic rings. The first-order chi connectivity index (χ1) is 11.8. The molecule has 24 heavy (non-hydrogen) atoms. The highest BCUT2D eigenvalue weighted by Gasteiger charge is 2.09. The molecular weight excluding hydrogens is 300 g/mol. The van der Waals surface area contributed by atoms with Gasteiger partial charge in [0.15, 0.2) is 0 Å². The van der Waals surface area contributed by atoms with E-state index in [1.807, 2.05) is 48.5 Å². The molecule has 4 heteroatoms. The van der Waals surface area contributed by atoms with Crippen LogP contribution in [0.1, 0.15) is 15.9 Å². The van der Waals surface area contributed by atoms with Gasteiger partial charge in [0.1, 0.15) is 6.61 Å². The van der Waals surface area contributed by atoms with Crippen molar-refractivity contribution in [3.63, 3.8) is 0 Å². The largest absolute Gasteiger partial charge is 0.457 e. The second-order valence-corrected chi connectivity index (χ2v) is 5.52. The van der Waals surface area contributed by atoms with Crippen molar-refractivity contribution < 1.29 is 9.53 Å². The number of carbonyl (C=O) groups excluding carboxylic acids is 1. The van der Waals surface area contributed by atoms with E-state index in [1.54, 1.807) is 24.5 Å². The predicted octanol–water partition coefficient (Wildman–Crippen LogP) is 4.14. The Morgan fingerprint density at radius 3 is 2.25 bits per heavy atom. The SMILES string of the molecule is O=C(OCc1ccc2cccnc2c1)c1ccc2cccnc2c1. The van der Waals surface area contributed by atoms with Gasteiger partial charge in [0.05, 0.1) is 16.6 Å². The third-order valence-corrected chi connectivity index (χ3v) is 3.88. The Kier molecular flexibility index (Phi) is 3.63. The van der Waals surface area contributed by atoms with Crippen molar-refractivity contribution in [1.29, 1.82) is 0 Å². The number of nitrogens with zero attached hydrogens (tertiary/aromatic N) is 2. The fraction of sp³-hybridized carbons (Fsp3) is 0.0500. The van der Waals surface area contributed by atoms with Gasteiger partial charge < -0.3 is 4.74 Å². The summed E-state index contributed by atoms with van der Waals surface area (Å²) in [6, 6.07) is 19.0. The van der Waals surface area contributed by atoms with Gasteiger partial charge in [-0.25, -0.2) is 4.79 Å². The van der Waals surface area contributed by atoms with E-state index in [0.29, 0.717) is 5.56 Å². The fourth-order valence-corrected chi connectivity index (χ4v) is 2.63. The molecule has 2 aromatic carbocycles. The van der Waals surface area contributed by atoms with E-state index < -0.39 is 0 Å². The topological polar surface area (TPSA) is 52.1 Å². The number of benzene rings is 2. The van der Waals surface area contributed by atoms with Gasteiger partial charge in [0.2, 0.25) is 0 Å². The van der Waals surface area contributed by atoms with Crippen molar-refractivity contribution in [2.75, 3.05) is 0 Å². The van der Waals surface area contributed by atoms with Gasteiger partial charge in [-0.1, -0.05) is 30.3 Å². The zero-order valence-electron chi connectivity index (χ0n) is 12.8. The first-order valence-electron chi connectivity index (χ1n) is 7.65. The lowest BCUT2D eigenvalue weighted by Gasteiger charge is -2.07. The van der Waals surface area contributed by atoms with Crippen molar-refractivity contribution in [2.45, 2.75) is 6.61 Å². The average Bonchev–Trinajstić information content (AvgIpc) is 2.65. The maximum absolute atomic E-state index is 12.3. The van der Waals surface area contributed by atoms with Crippen molar-refractivity contribution in [3.8, 4) is 0 Å². The minimum Gasteiger partial charge on any atom is -0.457 e. The summed E-state index contributed by atoms with van der Waals surface area (Å²) < 4.78 is 5.42. The van der Waals surface area contributed by atoms with Crippen LogP contribution in [0.25, 0.3) is 21.8 Å². The molecule has 0 aliphatic carbocycles. The van der Waals surface area contributed by atoms with Crippen LogP contribution in [-0.4, -0.2) is 15.9 Å². The van der Waals surface area contributed by atoms with Gasteiger partial charge in [0.25, 0.3) is 0 Å². The zero-order chi connectivity index (χ0) is 16.4. The number of pyridine rings is 2. The average molecular weight is 314 g/mol. The highest BCUT2D eigenvalue weighted by Crippen LogP contribution is 2.16. The molecule has 0 saturated carbocycles. The molecule has 0 atom stereocenters. The molecule has 4 nitrogen and oxygen atoms in total. The minimum atomic E-state index is -0.358. The van der Waals surface area contributed by atoms with Gasteiger partial charge >= 0.3 is 5.97 Å². The van der Waals surface area contributed by atoms with E-state index in [9.17, 15) is 4.79 Å². The summed E-state index contributed by atoms with van der Waals surface area (Å²) in [5, 5.41) is 2.06. The Bertz CT molecular complexity index is 1040. The fourth-order valence-electron chi connectivity index (χ4n) is 2.63. The quantitative estimate of drug-likeness (QED) is 0.533. The molecular formula is C20H14N2O2. The molecule has 4 rings (SSSR count). The summed E-state index contributed by atoms with van der Waals surface area (Å²) in [5.74, 6) is -0.358. The number of ether oxygens (including phenoxy) is 1. The third kappa shape index (κ3) is 2.82. The Balaban J connectivity index is 1.52. The van der Waals surface area contributed by atoms with Crippen molar-refractivity contribution in [1.82, 2.24) is 9.97 Å². The predicted molar refractivity (Wildman–Crippen MR) is 92.6 cm³/mol. The molecule has 0 spiro atoms. The molecule has 0 aliphatic heterocycles. The lowest BCUT2D eigenvalue weighted by Crippen LogP contribution is -2.05. The van der Waals surface area contributed by atoms with Crippen molar-refractivity contribution >= 4 is 27.8 Å². The number of carbonyl (C=O) groups is 1. The van der Waals surface area contributed by atoms with Crippen molar-refractivity contribution in [3.05, 3.63) is 84.2 Å². The third-order valence-electron chi connectivity index (χ3n) is 3.88. The molecule has 0 bridgehead atoms. The van der Waals surface area contributed by atoms with Gasteiger partial charge in [0, 0.05) is 23.2 Å². The number of esters is 1. The number of hydrogen-bond acceptors (Lipinski definition) is 4. The van der Waals surface area contributed by atoms with E-state index in [2.05, 4.69) is 9.97 Å². The minimum absolute atomic E-state index is 0.214. The van der Waals surface area contributed by atoms with Crippen LogP contribution >= 0.6 is 0 Å². The first kappa shape index (κ1) is 14.3. The van der Waals surface area contributed by atoms with Crippen LogP contribution in [0.2, 0.25) is 0 Å². The Morgan fingerprint density at radius 2 is 1.50 bits per heavy atom. The smallest absolute Gasteiger partial charge is 0.338 e. The second-order valence-electron chi connectivity index (χ2n) is 5.52. The van der Waals surface area contributed by atoms with Crippen molar-refractivity contribution in [2.24, 2.45) is 0 Å². The molecule has 116 valence electrons. The number of rotatable bonds is 3. The van der Waals surface area contributed by atoms with Gasteiger partial charge in [-0.15, -0.1) is 0 Å².